The molecule has 0 spiro atoms. The van der Waals surface area contributed by atoms with Gasteiger partial charge < -0.3 is 10.0 Å². The molecule has 1 aliphatic heterocycles. The van der Waals surface area contributed by atoms with Gasteiger partial charge in [-0.05, 0) is 120 Å². The van der Waals surface area contributed by atoms with Crippen LogP contribution < -0.4 is 0 Å². The monoisotopic (exact) mass is 537 g/mol. The number of carbonyl (C=O) groups excluding carboxylic acids is 2. The summed E-state index contributed by atoms with van der Waals surface area (Å²) in [5, 5.41) is 11.8. The minimum atomic E-state index is -1.09. The summed E-state index contributed by atoms with van der Waals surface area (Å²) in [6.07, 6.45) is 9.59. The summed E-state index contributed by atoms with van der Waals surface area (Å²) in [7, 11) is 0. The van der Waals surface area contributed by atoms with Gasteiger partial charge in [-0.1, -0.05) is 55.4 Å². The Labute approximate surface area is 237 Å². The first-order valence-corrected chi connectivity index (χ1v) is 16.4. The van der Waals surface area contributed by atoms with Crippen LogP contribution in [0.3, 0.4) is 0 Å². The highest BCUT2D eigenvalue weighted by atomic mass is 16.3. The van der Waals surface area contributed by atoms with Crippen molar-refractivity contribution in [1.29, 1.82) is 0 Å². The third kappa shape index (κ3) is 3.39. The van der Waals surface area contributed by atoms with Gasteiger partial charge in [-0.25, -0.2) is 0 Å². The topological polar surface area (TPSA) is 57.6 Å². The molecular formula is C35H55NO3. The molecule has 1 amide bonds. The van der Waals surface area contributed by atoms with E-state index in [0.29, 0.717) is 23.2 Å². The summed E-state index contributed by atoms with van der Waals surface area (Å²) in [6.45, 7) is 21.2. The maximum absolute atomic E-state index is 13.8. The Bertz CT molecular complexity index is 1100. The molecule has 218 valence electrons. The van der Waals surface area contributed by atoms with E-state index in [1.807, 2.05) is 4.90 Å². The highest BCUT2D eigenvalue weighted by molar-refractivity contribution is 6.02. The van der Waals surface area contributed by atoms with Crippen LogP contribution in [0.4, 0.5) is 0 Å². The fraction of sp³-hybridized carbons (Fsp3) is 0.886. The van der Waals surface area contributed by atoms with Gasteiger partial charge in [0.05, 0.1) is 0 Å². The van der Waals surface area contributed by atoms with Crippen molar-refractivity contribution in [3.8, 4) is 0 Å². The smallest absolute Gasteiger partial charge is 0.252 e. The van der Waals surface area contributed by atoms with Gasteiger partial charge in [0.15, 0.2) is 5.78 Å². The van der Waals surface area contributed by atoms with Crippen LogP contribution in [0.2, 0.25) is 0 Å². The Morgan fingerprint density at radius 2 is 1.59 bits per heavy atom. The number of amides is 1. The molecule has 1 N–H and O–H groups in total. The molecule has 5 fully saturated rings. The second-order valence-corrected chi connectivity index (χ2v) is 16.7. The molecule has 0 aromatic rings. The summed E-state index contributed by atoms with van der Waals surface area (Å²) < 4.78 is 0. The Kier molecular flexibility index (Phi) is 6.23. The Balaban J connectivity index is 1.43. The maximum atomic E-state index is 13.8. The van der Waals surface area contributed by atoms with Gasteiger partial charge in [0.1, 0.15) is 6.10 Å². The van der Waals surface area contributed by atoms with Gasteiger partial charge in [-0.2, -0.15) is 0 Å². The maximum Gasteiger partial charge on any atom is 0.252 e. The van der Waals surface area contributed by atoms with Crippen molar-refractivity contribution in [2.45, 2.75) is 126 Å². The van der Waals surface area contributed by atoms with Crippen molar-refractivity contribution < 1.29 is 14.7 Å². The van der Waals surface area contributed by atoms with E-state index in [-0.39, 0.29) is 34.4 Å². The van der Waals surface area contributed by atoms with Gasteiger partial charge >= 0.3 is 0 Å². The number of nitrogens with zero attached hydrogens (tertiary/aromatic N) is 1. The summed E-state index contributed by atoms with van der Waals surface area (Å²) in [5.74, 6) is 2.71. The number of aliphatic hydroxyl groups is 1. The van der Waals surface area contributed by atoms with Crippen LogP contribution in [0.25, 0.3) is 0 Å². The Morgan fingerprint density at radius 3 is 2.21 bits per heavy atom. The average Bonchev–Trinajstić information content (AvgIpc) is 3.13. The molecule has 6 aliphatic rings. The van der Waals surface area contributed by atoms with Gasteiger partial charge in [0.2, 0.25) is 0 Å². The minimum absolute atomic E-state index is 0.0836. The zero-order valence-corrected chi connectivity index (χ0v) is 26.2. The quantitative estimate of drug-likeness (QED) is 0.414. The normalized spacial score (nSPS) is 47.6. The lowest BCUT2D eigenvalue weighted by molar-refractivity contribution is -0.222. The third-order valence-corrected chi connectivity index (χ3v) is 15.0. The first kappa shape index (κ1) is 28.0. The van der Waals surface area contributed by atoms with E-state index in [9.17, 15) is 14.7 Å². The highest BCUT2D eigenvalue weighted by Crippen LogP contribution is 2.77. The number of Topliss-reactive ketones (excluding diaryl/α,β-unsaturated/α-hetero) is 1. The molecule has 4 saturated carbocycles. The number of carbonyl (C=O) groups is 2. The van der Waals surface area contributed by atoms with Crippen LogP contribution in [0.5, 0.6) is 0 Å². The lowest BCUT2D eigenvalue weighted by Gasteiger charge is -2.72. The SMILES string of the molecule is CC(C)C1=C2[C@H]3CC[C@@H]4[C@@]5(C)CC[C@H](C)C(C)(C)[C@@H]5CC[C@@]4(C)[C@]3(C)CC[C@@]2(C(O)C(=O)N2CCC2)CC1=O. The number of hydrogen-bond donors (Lipinski definition) is 1. The number of ketones is 1. The molecule has 6 rings (SSSR count). The van der Waals surface area contributed by atoms with Crippen LogP contribution in [-0.4, -0.2) is 40.9 Å². The van der Waals surface area contributed by atoms with E-state index < -0.39 is 11.5 Å². The Hall–Kier alpha value is -1.16. The van der Waals surface area contributed by atoms with Crippen molar-refractivity contribution in [3.05, 3.63) is 11.1 Å². The summed E-state index contributed by atoms with van der Waals surface area (Å²) >= 11 is 0. The van der Waals surface area contributed by atoms with E-state index in [1.54, 1.807) is 0 Å². The van der Waals surface area contributed by atoms with Crippen molar-refractivity contribution in [3.63, 3.8) is 0 Å². The molecule has 0 bridgehead atoms. The number of aliphatic hydroxyl groups excluding tert-OH is 1. The van der Waals surface area contributed by atoms with Crippen LogP contribution in [-0.2, 0) is 9.59 Å². The summed E-state index contributed by atoms with van der Waals surface area (Å²) in [5.41, 5.74) is 2.52. The van der Waals surface area contributed by atoms with Gasteiger partial charge in [0, 0.05) is 24.9 Å². The van der Waals surface area contributed by atoms with E-state index in [1.165, 1.54) is 37.7 Å². The van der Waals surface area contributed by atoms with Crippen LogP contribution >= 0.6 is 0 Å². The van der Waals surface area contributed by atoms with Crippen molar-refractivity contribution in [2.24, 2.45) is 56.7 Å². The summed E-state index contributed by atoms with van der Waals surface area (Å²) in [4.78, 5) is 29.1. The van der Waals surface area contributed by atoms with Crippen LogP contribution in [0, 0.1) is 56.7 Å². The number of likely N-dealkylation sites (tertiary alicyclic amines) is 1. The predicted octanol–water partition coefficient (Wildman–Crippen LogP) is 7.20. The first-order valence-electron chi connectivity index (χ1n) is 16.4. The fourth-order valence-electron chi connectivity index (χ4n) is 12.1. The first-order chi connectivity index (χ1) is 18.1. The highest BCUT2D eigenvalue weighted by Gasteiger charge is 2.70. The predicted molar refractivity (Wildman–Crippen MR) is 156 cm³/mol. The fourth-order valence-corrected chi connectivity index (χ4v) is 12.1. The molecule has 4 heteroatoms. The molecule has 5 aliphatic carbocycles. The van der Waals surface area contributed by atoms with Crippen molar-refractivity contribution in [1.82, 2.24) is 4.90 Å². The van der Waals surface area contributed by atoms with Crippen LogP contribution in [0.15, 0.2) is 11.1 Å². The number of hydrogen-bond acceptors (Lipinski definition) is 3. The molecule has 1 saturated heterocycles. The van der Waals surface area contributed by atoms with E-state index in [0.717, 1.165) is 56.2 Å². The van der Waals surface area contributed by atoms with E-state index in [4.69, 9.17) is 0 Å². The molecule has 1 unspecified atom stereocenters. The molecule has 1 heterocycles. The number of fused-ring (bicyclic) bond motifs is 7. The largest absolute Gasteiger partial charge is 0.382 e. The summed E-state index contributed by atoms with van der Waals surface area (Å²) in [6, 6.07) is 0. The molecule has 39 heavy (non-hydrogen) atoms. The van der Waals surface area contributed by atoms with Gasteiger partial charge in [-0.15, -0.1) is 0 Å². The standard InChI is InChI=1S/C35H55NO3/c1-21(2)27-24(37)20-35(29(38)30(39)36-18-9-19-36)17-16-33(7)23(28(27)35)10-11-26-32(6)14-12-22(3)31(4,5)25(32)13-15-34(26,33)8/h21-23,25-26,29,38H,9-20H2,1-8H3/t22-,23+,25-,26+,29?,32-,33+,34+,35+/m0/s1. The lowest BCUT2D eigenvalue weighted by Crippen LogP contribution is -2.66. The van der Waals surface area contributed by atoms with Crippen LogP contribution in [0.1, 0.15) is 120 Å². The Morgan fingerprint density at radius 1 is 0.897 bits per heavy atom. The minimum Gasteiger partial charge on any atom is -0.382 e. The number of rotatable bonds is 3. The third-order valence-electron chi connectivity index (χ3n) is 15.0. The molecular weight excluding hydrogens is 482 g/mol. The molecule has 9 atom stereocenters. The van der Waals surface area contributed by atoms with Crippen molar-refractivity contribution >= 4 is 11.7 Å². The molecule has 4 nitrogen and oxygen atoms in total. The second kappa shape index (κ2) is 8.68. The van der Waals surface area contributed by atoms with Crippen molar-refractivity contribution in [2.75, 3.05) is 13.1 Å². The lowest BCUT2D eigenvalue weighted by atomic mass is 9.32. The molecule has 0 radical (unpaired) electrons. The van der Waals surface area contributed by atoms with Gasteiger partial charge in [-0.3, -0.25) is 9.59 Å². The van der Waals surface area contributed by atoms with E-state index >= 15 is 0 Å². The van der Waals surface area contributed by atoms with Gasteiger partial charge in [0.25, 0.3) is 5.91 Å². The second-order valence-electron chi connectivity index (χ2n) is 16.7. The van der Waals surface area contributed by atoms with E-state index in [2.05, 4.69) is 55.4 Å². The average molecular weight is 538 g/mol. The zero-order chi connectivity index (χ0) is 28.3. The number of allylic oxidation sites excluding steroid dienone is 1. The zero-order valence-electron chi connectivity index (χ0n) is 26.2. The molecule has 0 aromatic carbocycles. The molecule has 0 aromatic heterocycles.